The summed E-state index contributed by atoms with van der Waals surface area (Å²) in [5.41, 5.74) is 3.45. The van der Waals surface area contributed by atoms with Gasteiger partial charge in [-0.25, -0.2) is 5.43 Å². The molecule has 0 atom stereocenters. The topological polar surface area (TPSA) is 50.7 Å². The van der Waals surface area contributed by atoms with Gasteiger partial charge < -0.3 is 4.74 Å². The highest BCUT2D eigenvalue weighted by molar-refractivity contribution is 5.85. The largest absolute Gasteiger partial charge is 0.489 e. The third-order valence-electron chi connectivity index (χ3n) is 5.68. The summed E-state index contributed by atoms with van der Waals surface area (Å²) < 4.78 is 5.58. The molecule has 0 spiro atoms. The van der Waals surface area contributed by atoms with E-state index in [-0.39, 0.29) is 5.91 Å². The van der Waals surface area contributed by atoms with E-state index in [1.54, 1.807) is 12.3 Å². The number of para-hydroxylation sites is 1. The molecule has 0 aromatic heterocycles. The van der Waals surface area contributed by atoms with Crippen LogP contribution in [0.1, 0.15) is 115 Å². The Balaban J connectivity index is 1.95. The van der Waals surface area contributed by atoms with Crippen molar-refractivity contribution in [2.45, 2.75) is 110 Å². The summed E-state index contributed by atoms with van der Waals surface area (Å²) in [6.07, 6.45) is 23.8. The van der Waals surface area contributed by atoms with Gasteiger partial charge in [0.25, 0.3) is 0 Å². The first-order chi connectivity index (χ1) is 15.8. The molecule has 1 aromatic carbocycles. The highest BCUT2D eigenvalue weighted by Gasteiger charge is 2.02. The summed E-state index contributed by atoms with van der Waals surface area (Å²) >= 11 is 0. The van der Waals surface area contributed by atoms with Crippen LogP contribution in [0.5, 0.6) is 5.75 Å². The van der Waals surface area contributed by atoms with Crippen LogP contribution in [-0.2, 0) is 4.79 Å². The quantitative estimate of drug-likeness (QED) is 0.0908. The number of carbonyl (C=O) groups is 1. The minimum absolute atomic E-state index is 0.0274. The van der Waals surface area contributed by atoms with Crippen LogP contribution in [0.4, 0.5) is 0 Å². The zero-order chi connectivity index (χ0) is 23.1. The van der Waals surface area contributed by atoms with Crippen LogP contribution < -0.4 is 10.2 Å². The Morgan fingerprint density at radius 3 is 1.97 bits per heavy atom. The van der Waals surface area contributed by atoms with Gasteiger partial charge in [0.2, 0.25) is 5.91 Å². The van der Waals surface area contributed by atoms with Gasteiger partial charge in [-0.3, -0.25) is 4.79 Å². The predicted molar refractivity (Wildman–Crippen MR) is 137 cm³/mol. The second-order valence-electron chi connectivity index (χ2n) is 8.63. The Bertz CT molecular complexity index is 628. The Morgan fingerprint density at radius 2 is 1.41 bits per heavy atom. The number of hydrogen-bond acceptors (Lipinski definition) is 3. The van der Waals surface area contributed by atoms with Gasteiger partial charge in [-0.15, -0.1) is 0 Å². The van der Waals surface area contributed by atoms with Crippen molar-refractivity contribution >= 4 is 12.1 Å². The van der Waals surface area contributed by atoms with Gasteiger partial charge in [0.1, 0.15) is 12.4 Å². The van der Waals surface area contributed by atoms with Gasteiger partial charge in [-0.1, -0.05) is 122 Å². The molecule has 0 bridgehead atoms. The second kappa shape index (κ2) is 20.8. The van der Waals surface area contributed by atoms with Crippen molar-refractivity contribution in [3.8, 4) is 5.75 Å². The van der Waals surface area contributed by atoms with Crippen molar-refractivity contribution in [3.05, 3.63) is 42.5 Å². The summed E-state index contributed by atoms with van der Waals surface area (Å²) in [6.45, 7) is 6.37. The number of amides is 1. The summed E-state index contributed by atoms with van der Waals surface area (Å²) in [5.74, 6) is 0.702. The van der Waals surface area contributed by atoms with Gasteiger partial charge in [-0.05, 0) is 18.6 Å². The Morgan fingerprint density at radius 1 is 0.875 bits per heavy atom. The summed E-state index contributed by atoms with van der Waals surface area (Å²) in [5, 5.41) is 4.07. The van der Waals surface area contributed by atoms with Gasteiger partial charge in [0.15, 0.2) is 0 Å². The number of hydrogen-bond donors (Lipinski definition) is 1. The smallest absolute Gasteiger partial charge is 0.240 e. The third-order valence-corrected chi connectivity index (χ3v) is 5.68. The molecule has 0 aliphatic rings. The van der Waals surface area contributed by atoms with E-state index in [0.29, 0.717) is 13.0 Å². The van der Waals surface area contributed by atoms with Crippen molar-refractivity contribution in [1.82, 2.24) is 5.43 Å². The summed E-state index contributed by atoms with van der Waals surface area (Å²) in [6, 6.07) is 7.61. The molecule has 32 heavy (non-hydrogen) atoms. The van der Waals surface area contributed by atoms with Crippen LogP contribution >= 0.6 is 0 Å². The molecule has 0 unspecified atom stereocenters. The maximum atomic E-state index is 12.0. The molecule has 1 rings (SSSR count). The SMILES string of the molecule is C=CCOc1ccccc1/C=N/NC(=O)CCCCCCCCCCCCCCCCC. The van der Waals surface area contributed by atoms with Gasteiger partial charge in [-0.2, -0.15) is 5.10 Å². The van der Waals surface area contributed by atoms with E-state index in [9.17, 15) is 4.79 Å². The number of unbranched alkanes of at least 4 members (excludes halogenated alkanes) is 14. The molecular formula is C28H46N2O2. The lowest BCUT2D eigenvalue weighted by molar-refractivity contribution is -0.121. The van der Waals surface area contributed by atoms with Crippen LogP contribution in [0.2, 0.25) is 0 Å². The highest BCUT2D eigenvalue weighted by Crippen LogP contribution is 2.16. The zero-order valence-electron chi connectivity index (χ0n) is 20.5. The van der Waals surface area contributed by atoms with Gasteiger partial charge >= 0.3 is 0 Å². The van der Waals surface area contributed by atoms with Crippen LogP contribution in [0, 0.1) is 0 Å². The highest BCUT2D eigenvalue weighted by atomic mass is 16.5. The summed E-state index contributed by atoms with van der Waals surface area (Å²) in [4.78, 5) is 12.0. The molecule has 1 aromatic rings. The summed E-state index contributed by atoms with van der Waals surface area (Å²) in [7, 11) is 0. The van der Waals surface area contributed by atoms with Gasteiger partial charge in [0, 0.05) is 12.0 Å². The molecule has 0 fully saturated rings. The van der Waals surface area contributed by atoms with Crippen LogP contribution in [0.25, 0.3) is 0 Å². The lowest BCUT2D eigenvalue weighted by Gasteiger charge is -2.06. The molecule has 180 valence electrons. The Kier molecular flexibility index (Phi) is 18.1. The van der Waals surface area contributed by atoms with Crippen LogP contribution in [0.15, 0.2) is 42.0 Å². The first-order valence-electron chi connectivity index (χ1n) is 12.9. The molecular weight excluding hydrogens is 396 g/mol. The van der Waals surface area contributed by atoms with Crippen LogP contribution in [0.3, 0.4) is 0 Å². The first-order valence-corrected chi connectivity index (χ1v) is 12.9. The van der Waals surface area contributed by atoms with E-state index < -0.39 is 0 Å². The second-order valence-corrected chi connectivity index (χ2v) is 8.63. The van der Waals surface area contributed by atoms with Crippen molar-refractivity contribution in [2.75, 3.05) is 6.61 Å². The number of rotatable bonds is 21. The average Bonchev–Trinajstić information content (AvgIpc) is 2.81. The maximum Gasteiger partial charge on any atom is 0.240 e. The standard InChI is InChI=1S/C28H46N2O2/c1-3-5-6-7-8-9-10-11-12-13-14-15-16-17-18-23-28(31)30-29-25-26-21-19-20-22-27(26)32-24-4-2/h4,19-22,25H,2-3,5-18,23-24H2,1H3,(H,30,31)/b29-25+. The third kappa shape index (κ3) is 15.7. The molecule has 1 N–H and O–H groups in total. The lowest BCUT2D eigenvalue weighted by atomic mass is 10.0. The Labute approximate surface area is 196 Å². The number of ether oxygens (including phenoxy) is 1. The molecule has 4 heteroatoms. The minimum atomic E-state index is -0.0274. The number of benzene rings is 1. The minimum Gasteiger partial charge on any atom is -0.489 e. The predicted octanol–water partition coefficient (Wildman–Crippen LogP) is 7.96. The van der Waals surface area contributed by atoms with E-state index in [1.165, 1.54) is 83.5 Å². The van der Waals surface area contributed by atoms with E-state index >= 15 is 0 Å². The monoisotopic (exact) mass is 442 g/mol. The van der Waals surface area contributed by atoms with E-state index in [0.717, 1.165) is 24.2 Å². The van der Waals surface area contributed by atoms with E-state index in [4.69, 9.17) is 4.74 Å². The molecule has 0 aliphatic heterocycles. The molecule has 4 nitrogen and oxygen atoms in total. The fourth-order valence-corrected chi connectivity index (χ4v) is 3.75. The molecule has 0 heterocycles. The lowest BCUT2D eigenvalue weighted by Crippen LogP contribution is -2.17. The number of nitrogens with zero attached hydrogens (tertiary/aromatic N) is 1. The maximum absolute atomic E-state index is 12.0. The molecule has 0 saturated heterocycles. The average molecular weight is 443 g/mol. The van der Waals surface area contributed by atoms with Crippen LogP contribution in [-0.4, -0.2) is 18.7 Å². The number of nitrogens with one attached hydrogen (secondary N) is 1. The van der Waals surface area contributed by atoms with Crippen molar-refractivity contribution < 1.29 is 9.53 Å². The first kappa shape index (κ1) is 27.9. The van der Waals surface area contributed by atoms with Crippen molar-refractivity contribution in [3.63, 3.8) is 0 Å². The zero-order valence-corrected chi connectivity index (χ0v) is 20.5. The fraction of sp³-hybridized carbons (Fsp3) is 0.643. The van der Waals surface area contributed by atoms with Crippen molar-refractivity contribution in [1.29, 1.82) is 0 Å². The number of hydrazone groups is 1. The van der Waals surface area contributed by atoms with Gasteiger partial charge in [0.05, 0.1) is 6.21 Å². The normalized spacial score (nSPS) is 11.0. The molecule has 1 amide bonds. The van der Waals surface area contributed by atoms with Crippen molar-refractivity contribution in [2.24, 2.45) is 5.10 Å². The molecule has 0 saturated carbocycles. The molecule has 0 radical (unpaired) electrons. The Hall–Kier alpha value is -2.10. The van der Waals surface area contributed by atoms with E-state index in [2.05, 4.69) is 24.0 Å². The number of carbonyl (C=O) groups excluding carboxylic acids is 1. The molecule has 0 aliphatic carbocycles. The fourth-order valence-electron chi connectivity index (χ4n) is 3.75. The van der Waals surface area contributed by atoms with E-state index in [1.807, 2.05) is 24.3 Å².